The minimum Gasteiger partial charge on any atom is -0.368 e. The van der Waals surface area contributed by atoms with Gasteiger partial charge in [0.15, 0.2) is 0 Å². The molecule has 0 aliphatic heterocycles. The minimum atomic E-state index is -4.14. The van der Waals surface area contributed by atoms with Gasteiger partial charge < -0.3 is 21.3 Å². The summed E-state index contributed by atoms with van der Waals surface area (Å²) in [7, 11) is -4.14. The van der Waals surface area contributed by atoms with E-state index in [0.717, 1.165) is 6.42 Å². The number of nitrogens with two attached hydrogens (primary N) is 2. The van der Waals surface area contributed by atoms with Crippen LogP contribution in [0.1, 0.15) is 19.3 Å². The van der Waals surface area contributed by atoms with Gasteiger partial charge in [0.05, 0.1) is 12.3 Å². The van der Waals surface area contributed by atoms with Gasteiger partial charge in [0.25, 0.3) is 0 Å². The van der Waals surface area contributed by atoms with Gasteiger partial charge in [0, 0.05) is 0 Å². The predicted molar refractivity (Wildman–Crippen MR) is 55.9 cm³/mol. The number of carbonyl (C=O) groups is 1. The lowest BCUT2D eigenvalue weighted by Crippen LogP contribution is -2.41. The smallest absolute Gasteiger partial charge is 0.339 e. The second-order valence-corrected chi connectivity index (χ2v) is 4.91. The van der Waals surface area contributed by atoms with Crippen molar-refractivity contribution in [2.75, 3.05) is 12.8 Å². The maximum atomic E-state index is 10.9. The van der Waals surface area contributed by atoms with E-state index in [1.54, 1.807) is 0 Å². The van der Waals surface area contributed by atoms with Crippen LogP contribution in [0.4, 0.5) is 0 Å². The van der Waals surface area contributed by atoms with Crippen molar-refractivity contribution in [2.45, 2.75) is 25.3 Å². The van der Waals surface area contributed by atoms with Gasteiger partial charge in [-0.3, -0.25) is 14.7 Å². The van der Waals surface area contributed by atoms with Crippen LogP contribution in [0.2, 0.25) is 0 Å². The molecule has 7 nitrogen and oxygen atoms in total. The number of hydrogen-bond donors (Lipinski definition) is 5. The van der Waals surface area contributed by atoms with E-state index < -0.39 is 25.8 Å². The zero-order valence-electron chi connectivity index (χ0n) is 8.43. The Bertz CT molecular complexity index is 242. The van der Waals surface area contributed by atoms with Crippen LogP contribution < -0.4 is 16.8 Å². The lowest BCUT2D eigenvalue weighted by molar-refractivity contribution is -0.120. The van der Waals surface area contributed by atoms with Crippen LogP contribution in [-0.4, -0.2) is 34.6 Å². The quantitative estimate of drug-likeness (QED) is 0.263. The molecule has 0 saturated carbocycles. The molecule has 0 heterocycles. The fraction of sp³-hybridized carbons (Fsp3) is 0.857. The molecule has 0 rings (SSSR count). The standard InChI is InChI=1S/C7H18N3O4P/c8-4-2-1-3-6(7(9)11)10-5-15(12,13)14/h6,10H,1-5,8H2,(H2,9,11)(H2,12,13,14)/t6-/m0/s1. The number of amides is 1. The summed E-state index contributed by atoms with van der Waals surface area (Å²) in [6, 6.07) is -0.704. The summed E-state index contributed by atoms with van der Waals surface area (Å²) in [5, 5.41) is 2.44. The third-order valence-electron chi connectivity index (χ3n) is 1.83. The topological polar surface area (TPSA) is 139 Å². The van der Waals surface area contributed by atoms with Gasteiger partial charge >= 0.3 is 7.60 Å². The average molecular weight is 239 g/mol. The van der Waals surface area contributed by atoms with Gasteiger partial charge in [-0.25, -0.2) is 0 Å². The van der Waals surface area contributed by atoms with Gasteiger partial charge in [-0.05, 0) is 19.4 Å². The molecular weight excluding hydrogens is 221 g/mol. The van der Waals surface area contributed by atoms with Crippen LogP contribution in [-0.2, 0) is 9.36 Å². The molecule has 7 N–H and O–H groups in total. The molecule has 1 amide bonds. The molecule has 0 saturated heterocycles. The highest BCUT2D eigenvalue weighted by molar-refractivity contribution is 7.51. The molecule has 0 aromatic carbocycles. The molecule has 0 aromatic heterocycles. The van der Waals surface area contributed by atoms with Gasteiger partial charge in [-0.15, -0.1) is 0 Å². The first-order valence-corrected chi connectivity index (χ1v) is 6.44. The number of unbranched alkanes of at least 4 members (excludes halogenated alkanes) is 1. The summed E-state index contributed by atoms with van der Waals surface area (Å²) >= 11 is 0. The normalized spacial score (nSPS) is 13.8. The minimum absolute atomic E-state index is 0.437. The summed E-state index contributed by atoms with van der Waals surface area (Å²) in [5.41, 5.74) is 10.3. The SMILES string of the molecule is NCCCC[C@H](NCP(=O)(O)O)C(N)=O. The second kappa shape index (κ2) is 6.92. The fourth-order valence-corrected chi connectivity index (χ4v) is 1.53. The van der Waals surface area contributed by atoms with Crippen molar-refractivity contribution in [1.82, 2.24) is 5.32 Å². The molecule has 90 valence electrons. The molecule has 0 aliphatic carbocycles. The molecule has 0 fully saturated rings. The Hall–Kier alpha value is -0.460. The molecule has 1 atom stereocenters. The van der Waals surface area contributed by atoms with Crippen LogP contribution in [0.25, 0.3) is 0 Å². The third-order valence-corrected chi connectivity index (χ3v) is 2.43. The van der Waals surface area contributed by atoms with E-state index in [1.807, 2.05) is 0 Å². The van der Waals surface area contributed by atoms with E-state index in [9.17, 15) is 9.36 Å². The fourth-order valence-electron chi connectivity index (χ4n) is 1.07. The molecular formula is C7H18N3O4P. The average Bonchev–Trinajstić information content (AvgIpc) is 2.08. The van der Waals surface area contributed by atoms with Crippen molar-refractivity contribution in [2.24, 2.45) is 11.5 Å². The molecule has 0 bridgehead atoms. The van der Waals surface area contributed by atoms with Crippen molar-refractivity contribution in [1.29, 1.82) is 0 Å². The van der Waals surface area contributed by atoms with Crippen molar-refractivity contribution in [3.8, 4) is 0 Å². The lowest BCUT2D eigenvalue weighted by atomic mass is 10.1. The molecule has 8 heteroatoms. The summed E-state index contributed by atoms with van der Waals surface area (Å²) in [6.07, 6.45) is 1.34. The maximum Gasteiger partial charge on any atom is 0.339 e. The van der Waals surface area contributed by atoms with Crippen molar-refractivity contribution in [3.05, 3.63) is 0 Å². The van der Waals surface area contributed by atoms with Crippen molar-refractivity contribution < 1.29 is 19.1 Å². The highest BCUT2D eigenvalue weighted by atomic mass is 31.2. The summed E-state index contributed by atoms with van der Waals surface area (Å²) < 4.78 is 10.5. The highest BCUT2D eigenvalue weighted by Gasteiger charge is 2.19. The van der Waals surface area contributed by atoms with Crippen molar-refractivity contribution in [3.63, 3.8) is 0 Å². The molecule has 0 unspecified atom stereocenters. The Labute approximate surface area is 88.4 Å². The van der Waals surface area contributed by atoms with Crippen LogP contribution in [0.5, 0.6) is 0 Å². The van der Waals surface area contributed by atoms with E-state index in [0.29, 0.717) is 19.4 Å². The number of hydrogen-bond acceptors (Lipinski definition) is 4. The first-order valence-electron chi connectivity index (χ1n) is 4.64. The molecule has 0 aliphatic rings. The summed E-state index contributed by atoms with van der Waals surface area (Å²) in [6.45, 7) is 0.518. The zero-order valence-corrected chi connectivity index (χ0v) is 9.32. The number of primary amides is 1. The zero-order chi connectivity index (χ0) is 11.9. The van der Waals surface area contributed by atoms with Gasteiger partial charge in [-0.1, -0.05) is 6.42 Å². The predicted octanol–water partition coefficient (Wildman–Crippen LogP) is -1.31. The first-order chi connectivity index (χ1) is 6.87. The molecule has 0 aromatic rings. The Morgan fingerprint density at radius 2 is 2.00 bits per heavy atom. The van der Waals surface area contributed by atoms with Gasteiger partial charge in [0.1, 0.15) is 0 Å². The van der Waals surface area contributed by atoms with E-state index in [2.05, 4.69) is 5.32 Å². The Morgan fingerprint density at radius 1 is 1.40 bits per heavy atom. The van der Waals surface area contributed by atoms with E-state index >= 15 is 0 Å². The monoisotopic (exact) mass is 239 g/mol. The summed E-state index contributed by atoms with van der Waals surface area (Å²) in [4.78, 5) is 28.1. The van der Waals surface area contributed by atoms with E-state index in [1.165, 1.54) is 0 Å². The number of rotatable bonds is 8. The maximum absolute atomic E-state index is 10.9. The van der Waals surface area contributed by atoms with Crippen LogP contribution >= 0.6 is 7.60 Å². The Kier molecular flexibility index (Phi) is 6.71. The molecule has 0 radical (unpaired) electrons. The number of carbonyl (C=O) groups excluding carboxylic acids is 1. The van der Waals surface area contributed by atoms with Crippen LogP contribution in [0.15, 0.2) is 0 Å². The third kappa shape index (κ3) is 8.53. The highest BCUT2D eigenvalue weighted by Crippen LogP contribution is 2.32. The van der Waals surface area contributed by atoms with Gasteiger partial charge in [0.2, 0.25) is 5.91 Å². The van der Waals surface area contributed by atoms with E-state index in [-0.39, 0.29) is 0 Å². The largest absolute Gasteiger partial charge is 0.368 e. The van der Waals surface area contributed by atoms with Gasteiger partial charge in [-0.2, -0.15) is 0 Å². The summed E-state index contributed by atoms with van der Waals surface area (Å²) in [5.74, 6) is -0.611. The van der Waals surface area contributed by atoms with E-state index in [4.69, 9.17) is 21.3 Å². The van der Waals surface area contributed by atoms with Crippen LogP contribution in [0.3, 0.4) is 0 Å². The second-order valence-electron chi connectivity index (χ2n) is 3.27. The Morgan fingerprint density at radius 3 is 2.40 bits per heavy atom. The lowest BCUT2D eigenvalue weighted by Gasteiger charge is -2.15. The Balaban J connectivity index is 3.95. The first kappa shape index (κ1) is 14.5. The van der Waals surface area contributed by atoms with Crippen LogP contribution in [0, 0.1) is 0 Å². The number of nitrogens with one attached hydrogen (secondary N) is 1. The molecule has 0 spiro atoms. The van der Waals surface area contributed by atoms with Crippen molar-refractivity contribution >= 4 is 13.5 Å². The molecule has 15 heavy (non-hydrogen) atoms.